The normalized spacial score (nSPS) is 31.2. The summed E-state index contributed by atoms with van der Waals surface area (Å²) in [7, 11) is 0. The van der Waals surface area contributed by atoms with Gasteiger partial charge >= 0.3 is 0 Å². The van der Waals surface area contributed by atoms with Crippen molar-refractivity contribution in [3.8, 4) is 0 Å². The van der Waals surface area contributed by atoms with Crippen molar-refractivity contribution in [2.45, 2.75) is 76.7 Å². The molecule has 1 saturated carbocycles. The van der Waals surface area contributed by atoms with Gasteiger partial charge in [0.25, 0.3) is 0 Å². The molecular formula is C17H28N4O3. The summed E-state index contributed by atoms with van der Waals surface area (Å²) in [5, 5.41) is 21.6. The highest BCUT2D eigenvalue weighted by atomic mass is 16.5. The van der Waals surface area contributed by atoms with Crippen LogP contribution in [0.15, 0.2) is 6.20 Å². The molecule has 4 atom stereocenters. The first kappa shape index (κ1) is 17.4. The predicted molar refractivity (Wildman–Crippen MR) is 88.2 cm³/mol. The second kappa shape index (κ2) is 6.80. The van der Waals surface area contributed by atoms with Gasteiger partial charge < -0.3 is 15.2 Å². The monoisotopic (exact) mass is 336 g/mol. The Hall–Kier alpha value is -1.47. The lowest BCUT2D eigenvalue weighted by atomic mass is 9.89. The molecule has 7 heteroatoms. The molecule has 1 aliphatic carbocycles. The Morgan fingerprint density at radius 3 is 2.75 bits per heavy atom. The van der Waals surface area contributed by atoms with E-state index in [1.54, 1.807) is 20.0 Å². The lowest BCUT2D eigenvalue weighted by molar-refractivity contribution is -0.127. The van der Waals surface area contributed by atoms with Crippen molar-refractivity contribution in [1.82, 2.24) is 20.3 Å². The van der Waals surface area contributed by atoms with Gasteiger partial charge in [-0.15, -0.1) is 5.10 Å². The molecule has 1 aliphatic heterocycles. The van der Waals surface area contributed by atoms with Crippen LogP contribution in [-0.2, 0) is 15.1 Å². The third kappa shape index (κ3) is 3.62. The quantitative estimate of drug-likeness (QED) is 0.870. The van der Waals surface area contributed by atoms with E-state index >= 15 is 0 Å². The number of nitrogens with one attached hydrogen (secondary N) is 1. The molecule has 2 fully saturated rings. The largest absolute Gasteiger partial charge is 0.384 e. The fourth-order valence-corrected chi connectivity index (χ4v) is 3.68. The molecular weight excluding hydrogens is 308 g/mol. The molecule has 134 valence electrons. The van der Waals surface area contributed by atoms with Gasteiger partial charge in [-0.1, -0.05) is 18.1 Å². The summed E-state index contributed by atoms with van der Waals surface area (Å²) in [4.78, 5) is 12.6. The van der Waals surface area contributed by atoms with Crippen LogP contribution in [0, 0.1) is 5.92 Å². The minimum absolute atomic E-state index is 0.0137. The summed E-state index contributed by atoms with van der Waals surface area (Å²) in [5.74, 6) is 0.0231. The van der Waals surface area contributed by atoms with Crippen molar-refractivity contribution in [3.63, 3.8) is 0 Å². The number of hydrogen-bond acceptors (Lipinski definition) is 5. The highest BCUT2D eigenvalue weighted by Crippen LogP contribution is 2.30. The zero-order chi connectivity index (χ0) is 17.3. The highest BCUT2D eigenvalue weighted by Gasteiger charge is 2.35. The van der Waals surface area contributed by atoms with Crippen molar-refractivity contribution in [2.24, 2.45) is 5.92 Å². The lowest BCUT2D eigenvalue weighted by Gasteiger charge is -2.33. The Morgan fingerprint density at radius 2 is 2.12 bits per heavy atom. The van der Waals surface area contributed by atoms with Crippen LogP contribution in [0.2, 0.25) is 0 Å². The molecule has 2 N–H and O–H groups in total. The van der Waals surface area contributed by atoms with Crippen molar-refractivity contribution >= 4 is 5.91 Å². The van der Waals surface area contributed by atoms with Crippen LogP contribution in [0.3, 0.4) is 0 Å². The molecule has 0 spiro atoms. The first-order chi connectivity index (χ1) is 11.4. The van der Waals surface area contributed by atoms with Gasteiger partial charge in [0.15, 0.2) is 0 Å². The molecule has 1 aromatic rings. The number of aromatic nitrogens is 3. The standard InChI is InChI=1S/C17H28N4O3/c1-11-12(8-9-24-11)16(22)18-13-6-4-5-7-14(13)21-10-15(19-20-21)17(2,3)23/h10-14,23H,4-9H2,1-3H3,(H,18,22)/t11?,12?,13-,14+/m0/s1. The molecule has 24 heavy (non-hydrogen) atoms. The molecule has 7 nitrogen and oxygen atoms in total. The molecule has 0 aromatic carbocycles. The van der Waals surface area contributed by atoms with E-state index in [0.29, 0.717) is 12.3 Å². The zero-order valence-corrected chi connectivity index (χ0v) is 14.7. The molecule has 2 aliphatic rings. The van der Waals surface area contributed by atoms with Crippen molar-refractivity contribution < 1.29 is 14.6 Å². The molecule has 0 radical (unpaired) electrons. The number of ether oxygens (including phenoxy) is 1. The fourth-order valence-electron chi connectivity index (χ4n) is 3.68. The summed E-state index contributed by atoms with van der Waals surface area (Å²) < 4.78 is 7.32. The van der Waals surface area contributed by atoms with Crippen molar-refractivity contribution in [3.05, 3.63) is 11.9 Å². The summed E-state index contributed by atoms with van der Waals surface area (Å²) in [6, 6.07) is 0.138. The first-order valence-electron chi connectivity index (χ1n) is 8.93. The van der Waals surface area contributed by atoms with Gasteiger partial charge in [0.05, 0.1) is 30.3 Å². The lowest BCUT2D eigenvalue weighted by Crippen LogP contribution is -2.46. The molecule has 0 bridgehead atoms. The van der Waals surface area contributed by atoms with E-state index in [-0.39, 0.29) is 30.0 Å². The van der Waals surface area contributed by atoms with E-state index in [4.69, 9.17) is 4.74 Å². The van der Waals surface area contributed by atoms with Crippen molar-refractivity contribution in [1.29, 1.82) is 0 Å². The molecule has 1 aromatic heterocycles. The SMILES string of the molecule is CC1OCCC1C(=O)N[C@H]1CCCC[C@H]1n1cc(C(C)(C)O)nn1. The minimum Gasteiger partial charge on any atom is -0.384 e. The van der Waals surface area contributed by atoms with Gasteiger partial charge in [0.2, 0.25) is 5.91 Å². The third-order valence-electron chi connectivity index (χ3n) is 5.25. The number of aliphatic hydroxyl groups is 1. The highest BCUT2D eigenvalue weighted by molar-refractivity contribution is 5.79. The van der Waals surface area contributed by atoms with Crippen LogP contribution in [0.5, 0.6) is 0 Å². The third-order valence-corrected chi connectivity index (χ3v) is 5.25. The number of hydrogen-bond donors (Lipinski definition) is 2. The van der Waals surface area contributed by atoms with Gasteiger partial charge in [-0.25, -0.2) is 4.68 Å². The van der Waals surface area contributed by atoms with Crippen molar-refractivity contribution in [2.75, 3.05) is 6.61 Å². The second-order valence-corrected chi connectivity index (χ2v) is 7.58. The molecule has 1 saturated heterocycles. The summed E-state index contributed by atoms with van der Waals surface area (Å²) in [6.45, 7) is 6.01. The summed E-state index contributed by atoms with van der Waals surface area (Å²) in [5.41, 5.74) is -0.460. The summed E-state index contributed by atoms with van der Waals surface area (Å²) in [6.07, 6.45) is 6.68. The van der Waals surface area contributed by atoms with Crippen LogP contribution < -0.4 is 5.32 Å². The van der Waals surface area contributed by atoms with Gasteiger partial charge in [0.1, 0.15) is 11.3 Å². The number of rotatable bonds is 4. The van der Waals surface area contributed by atoms with Crippen LogP contribution >= 0.6 is 0 Å². The number of carbonyl (C=O) groups is 1. The van der Waals surface area contributed by atoms with Gasteiger partial charge in [-0.2, -0.15) is 0 Å². The van der Waals surface area contributed by atoms with Crippen LogP contribution in [0.1, 0.15) is 64.6 Å². The Morgan fingerprint density at radius 1 is 1.38 bits per heavy atom. The smallest absolute Gasteiger partial charge is 0.226 e. The molecule has 2 heterocycles. The predicted octanol–water partition coefficient (Wildman–Crippen LogP) is 1.53. The fraction of sp³-hybridized carbons (Fsp3) is 0.824. The van der Waals surface area contributed by atoms with E-state index in [1.807, 2.05) is 11.6 Å². The number of nitrogens with zero attached hydrogens (tertiary/aromatic N) is 3. The maximum absolute atomic E-state index is 12.6. The maximum atomic E-state index is 12.6. The van der Waals surface area contributed by atoms with Gasteiger partial charge in [-0.3, -0.25) is 4.79 Å². The number of amides is 1. The number of carbonyl (C=O) groups excluding carboxylic acids is 1. The Kier molecular flexibility index (Phi) is 4.92. The second-order valence-electron chi connectivity index (χ2n) is 7.58. The molecule has 1 amide bonds. The van der Waals surface area contributed by atoms with E-state index in [0.717, 1.165) is 32.1 Å². The van der Waals surface area contributed by atoms with Gasteiger partial charge in [-0.05, 0) is 40.0 Å². The van der Waals surface area contributed by atoms with E-state index in [9.17, 15) is 9.90 Å². The van der Waals surface area contributed by atoms with Crippen LogP contribution in [-0.4, -0.2) is 44.8 Å². The minimum atomic E-state index is -1.01. The van der Waals surface area contributed by atoms with Crippen LogP contribution in [0.25, 0.3) is 0 Å². The Balaban J connectivity index is 1.71. The maximum Gasteiger partial charge on any atom is 0.226 e. The zero-order valence-electron chi connectivity index (χ0n) is 14.7. The van der Waals surface area contributed by atoms with Crippen LogP contribution in [0.4, 0.5) is 0 Å². The van der Waals surface area contributed by atoms with E-state index in [1.165, 1.54) is 0 Å². The molecule has 2 unspecified atom stereocenters. The first-order valence-corrected chi connectivity index (χ1v) is 8.93. The molecule has 3 rings (SSSR count). The topological polar surface area (TPSA) is 89.3 Å². The summed E-state index contributed by atoms with van der Waals surface area (Å²) >= 11 is 0. The van der Waals surface area contributed by atoms with E-state index < -0.39 is 5.60 Å². The van der Waals surface area contributed by atoms with E-state index in [2.05, 4.69) is 15.6 Å². The van der Waals surface area contributed by atoms with Gasteiger partial charge in [0, 0.05) is 6.61 Å². The average molecular weight is 336 g/mol. The Labute approximate surface area is 142 Å². The average Bonchev–Trinajstić information content (AvgIpc) is 3.16. The Bertz CT molecular complexity index is 581.